The number of hydrogen-bond acceptors (Lipinski definition) is 2. The molecule has 0 radical (unpaired) electrons. The van der Waals surface area contributed by atoms with Crippen molar-refractivity contribution >= 4 is 5.91 Å². The largest absolute Gasteiger partial charge is 0.338 e. The zero-order chi connectivity index (χ0) is 13.1. The monoisotopic (exact) mass is 254 g/mol. The Balaban J connectivity index is 2.13. The first-order chi connectivity index (χ1) is 8.63. The molecule has 0 bridgehead atoms. The van der Waals surface area contributed by atoms with E-state index in [1.165, 1.54) is 11.0 Å². The molecule has 1 fully saturated rings. The van der Waals surface area contributed by atoms with E-state index < -0.39 is 23.1 Å². The Morgan fingerprint density at radius 1 is 1.28 bits per heavy atom. The Morgan fingerprint density at radius 3 is 2.33 bits per heavy atom. The molecule has 1 aromatic carbocycles. The zero-order valence-electron chi connectivity index (χ0n) is 10.0. The van der Waals surface area contributed by atoms with Gasteiger partial charge >= 0.3 is 0 Å². The molecule has 1 amide bonds. The molecule has 2 N–H and O–H groups in total. The molecule has 0 aliphatic carbocycles. The summed E-state index contributed by atoms with van der Waals surface area (Å²) in [6, 6.07) is 3.45. The predicted octanol–water partition coefficient (Wildman–Crippen LogP) is 1.78. The third kappa shape index (κ3) is 2.51. The standard InChI is InChI=1S/C13H16F2N2O/c14-10-2-1-3-11(15)12(10)13(18)17-6-4-9(8-16)5-7-17/h1-3,9H,4-8,16H2. The number of likely N-dealkylation sites (tertiary alicyclic amines) is 1. The second-order valence-corrected chi connectivity index (χ2v) is 4.57. The van der Waals surface area contributed by atoms with Gasteiger partial charge in [0.05, 0.1) is 0 Å². The van der Waals surface area contributed by atoms with Crippen molar-refractivity contribution in [2.45, 2.75) is 12.8 Å². The fourth-order valence-electron chi connectivity index (χ4n) is 2.23. The average Bonchev–Trinajstić information content (AvgIpc) is 2.38. The summed E-state index contributed by atoms with van der Waals surface area (Å²) in [4.78, 5) is 13.5. The van der Waals surface area contributed by atoms with Gasteiger partial charge in [0.2, 0.25) is 0 Å². The fraction of sp³-hybridized carbons (Fsp3) is 0.462. The van der Waals surface area contributed by atoms with Crippen LogP contribution in [0.4, 0.5) is 8.78 Å². The highest BCUT2D eigenvalue weighted by atomic mass is 19.1. The normalized spacial score (nSPS) is 16.9. The van der Waals surface area contributed by atoms with Gasteiger partial charge in [-0.1, -0.05) is 6.07 Å². The number of carbonyl (C=O) groups excluding carboxylic acids is 1. The minimum absolute atomic E-state index is 0.402. The van der Waals surface area contributed by atoms with Gasteiger partial charge in [-0.05, 0) is 37.4 Å². The van der Waals surface area contributed by atoms with Crippen LogP contribution >= 0.6 is 0 Å². The highest BCUT2D eigenvalue weighted by Gasteiger charge is 2.26. The van der Waals surface area contributed by atoms with Gasteiger partial charge < -0.3 is 10.6 Å². The van der Waals surface area contributed by atoms with E-state index in [9.17, 15) is 13.6 Å². The van der Waals surface area contributed by atoms with Crippen LogP contribution in [0, 0.1) is 17.6 Å². The molecule has 1 aliphatic heterocycles. The second-order valence-electron chi connectivity index (χ2n) is 4.57. The van der Waals surface area contributed by atoms with E-state index in [0.29, 0.717) is 25.6 Å². The summed E-state index contributed by atoms with van der Waals surface area (Å²) >= 11 is 0. The van der Waals surface area contributed by atoms with E-state index in [4.69, 9.17) is 5.73 Å². The summed E-state index contributed by atoms with van der Waals surface area (Å²) in [5, 5.41) is 0. The maximum absolute atomic E-state index is 13.5. The van der Waals surface area contributed by atoms with Crippen molar-refractivity contribution in [3.05, 3.63) is 35.4 Å². The minimum Gasteiger partial charge on any atom is -0.338 e. The molecule has 0 unspecified atom stereocenters. The number of benzene rings is 1. The Labute approximate surface area is 105 Å². The van der Waals surface area contributed by atoms with Gasteiger partial charge in [0.25, 0.3) is 5.91 Å². The third-order valence-electron chi connectivity index (χ3n) is 3.41. The number of amides is 1. The molecule has 0 atom stereocenters. The van der Waals surface area contributed by atoms with Gasteiger partial charge in [-0.15, -0.1) is 0 Å². The van der Waals surface area contributed by atoms with Gasteiger partial charge in [0, 0.05) is 13.1 Å². The topological polar surface area (TPSA) is 46.3 Å². The van der Waals surface area contributed by atoms with Crippen molar-refractivity contribution in [2.24, 2.45) is 11.7 Å². The molecule has 3 nitrogen and oxygen atoms in total. The lowest BCUT2D eigenvalue weighted by molar-refractivity contribution is 0.0683. The van der Waals surface area contributed by atoms with E-state index in [1.54, 1.807) is 0 Å². The maximum atomic E-state index is 13.5. The molecule has 0 saturated carbocycles. The molecule has 5 heteroatoms. The molecular formula is C13H16F2N2O. The number of piperidine rings is 1. The quantitative estimate of drug-likeness (QED) is 0.874. The zero-order valence-corrected chi connectivity index (χ0v) is 10.0. The lowest BCUT2D eigenvalue weighted by atomic mass is 9.96. The molecule has 1 aromatic rings. The second kappa shape index (κ2) is 5.44. The predicted molar refractivity (Wildman–Crippen MR) is 64.0 cm³/mol. The van der Waals surface area contributed by atoms with Crippen molar-refractivity contribution < 1.29 is 13.6 Å². The summed E-state index contributed by atoms with van der Waals surface area (Å²) in [6.45, 7) is 1.61. The van der Waals surface area contributed by atoms with Crippen molar-refractivity contribution in [1.29, 1.82) is 0 Å². The Bertz CT molecular complexity index is 422. The van der Waals surface area contributed by atoms with Gasteiger partial charge in [0.1, 0.15) is 17.2 Å². The number of hydrogen-bond donors (Lipinski definition) is 1. The van der Waals surface area contributed by atoms with E-state index in [-0.39, 0.29) is 0 Å². The molecule has 98 valence electrons. The highest BCUT2D eigenvalue weighted by molar-refractivity contribution is 5.94. The maximum Gasteiger partial charge on any atom is 0.259 e. The van der Waals surface area contributed by atoms with Gasteiger partial charge in [-0.3, -0.25) is 4.79 Å². The summed E-state index contributed by atoms with van der Waals surface area (Å²) in [5.41, 5.74) is 5.11. The molecule has 2 rings (SSSR count). The van der Waals surface area contributed by atoms with Crippen LogP contribution in [-0.4, -0.2) is 30.4 Å². The first-order valence-electron chi connectivity index (χ1n) is 6.07. The van der Waals surface area contributed by atoms with E-state index in [2.05, 4.69) is 0 Å². The highest BCUT2D eigenvalue weighted by Crippen LogP contribution is 2.20. The number of nitrogens with zero attached hydrogens (tertiary/aromatic N) is 1. The van der Waals surface area contributed by atoms with E-state index in [1.807, 2.05) is 0 Å². The molecule has 0 spiro atoms. The molecule has 18 heavy (non-hydrogen) atoms. The Kier molecular flexibility index (Phi) is 3.91. The third-order valence-corrected chi connectivity index (χ3v) is 3.41. The van der Waals surface area contributed by atoms with Gasteiger partial charge in [-0.2, -0.15) is 0 Å². The number of halogens is 2. The first kappa shape index (κ1) is 13.0. The van der Waals surface area contributed by atoms with E-state index in [0.717, 1.165) is 25.0 Å². The average molecular weight is 254 g/mol. The summed E-state index contributed by atoms with van der Waals surface area (Å²) in [7, 11) is 0. The molecule has 0 aromatic heterocycles. The minimum atomic E-state index is -0.805. The molecule has 1 aliphatic rings. The van der Waals surface area contributed by atoms with Crippen molar-refractivity contribution in [1.82, 2.24) is 4.90 Å². The van der Waals surface area contributed by atoms with Crippen LogP contribution < -0.4 is 5.73 Å². The number of rotatable bonds is 2. The van der Waals surface area contributed by atoms with Crippen LogP contribution in [0.2, 0.25) is 0 Å². The first-order valence-corrected chi connectivity index (χ1v) is 6.07. The van der Waals surface area contributed by atoms with E-state index >= 15 is 0 Å². The van der Waals surface area contributed by atoms with Crippen molar-refractivity contribution in [3.8, 4) is 0 Å². The fourth-order valence-corrected chi connectivity index (χ4v) is 2.23. The molecule has 1 heterocycles. The lowest BCUT2D eigenvalue weighted by Crippen LogP contribution is -2.40. The molecule has 1 saturated heterocycles. The summed E-state index contributed by atoms with van der Waals surface area (Å²) in [5.74, 6) is -1.78. The van der Waals surface area contributed by atoms with Crippen LogP contribution in [0.15, 0.2) is 18.2 Å². The van der Waals surface area contributed by atoms with Gasteiger partial charge in [0.15, 0.2) is 0 Å². The number of nitrogens with two attached hydrogens (primary N) is 1. The van der Waals surface area contributed by atoms with Crippen LogP contribution in [0.5, 0.6) is 0 Å². The lowest BCUT2D eigenvalue weighted by Gasteiger charge is -2.31. The van der Waals surface area contributed by atoms with Crippen LogP contribution in [0.3, 0.4) is 0 Å². The van der Waals surface area contributed by atoms with Crippen molar-refractivity contribution in [3.63, 3.8) is 0 Å². The Morgan fingerprint density at radius 2 is 1.83 bits per heavy atom. The Hall–Kier alpha value is -1.49. The van der Waals surface area contributed by atoms with Gasteiger partial charge in [-0.25, -0.2) is 8.78 Å². The SMILES string of the molecule is NCC1CCN(C(=O)c2c(F)cccc2F)CC1. The van der Waals surface area contributed by atoms with Crippen LogP contribution in [0.1, 0.15) is 23.2 Å². The molecular weight excluding hydrogens is 238 g/mol. The van der Waals surface area contributed by atoms with Crippen molar-refractivity contribution in [2.75, 3.05) is 19.6 Å². The number of carbonyl (C=O) groups is 1. The smallest absolute Gasteiger partial charge is 0.259 e. The van der Waals surface area contributed by atoms with Crippen LogP contribution in [0.25, 0.3) is 0 Å². The summed E-state index contributed by atoms with van der Waals surface area (Å²) in [6.07, 6.45) is 1.58. The summed E-state index contributed by atoms with van der Waals surface area (Å²) < 4.78 is 27.0. The van der Waals surface area contributed by atoms with Crippen LogP contribution in [-0.2, 0) is 0 Å².